The summed E-state index contributed by atoms with van der Waals surface area (Å²) < 4.78 is 0. The van der Waals surface area contributed by atoms with E-state index in [0.717, 1.165) is 21.5 Å². The number of hydrogen-bond donors (Lipinski definition) is 2. The number of benzene rings is 3. The first kappa shape index (κ1) is 17.5. The zero-order valence-electron chi connectivity index (χ0n) is 14.6. The summed E-state index contributed by atoms with van der Waals surface area (Å²) in [5.41, 5.74) is 0.521. The van der Waals surface area contributed by atoms with Gasteiger partial charge in [0.25, 0.3) is 5.56 Å². The van der Waals surface area contributed by atoms with Gasteiger partial charge < -0.3 is 10.1 Å². The molecule has 3 heteroatoms. The Balaban J connectivity index is 0.000000487. The maximum atomic E-state index is 12.1. The van der Waals surface area contributed by atoms with E-state index in [1.54, 1.807) is 6.07 Å². The second kappa shape index (κ2) is 7.64. The molecule has 0 amide bonds. The van der Waals surface area contributed by atoms with Crippen molar-refractivity contribution < 1.29 is 5.11 Å². The Kier molecular flexibility index (Phi) is 5.59. The maximum Gasteiger partial charge on any atom is 0.256 e. The van der Waals surface area contributed by atoms with Crippen LogP contribution in [0, 0.1) is 0 Å². The molecule has 0 unspecified atom stereocenters. The number of fused-ring (bicyclic) bond motifs is 5. The number of aromatic amines is 1. The molecule has 1 aromatic heterocycles. The molecule has 0 aliphatic heterocycles. The van der Waals surface area contributed by atoms with Crippen LogP contribution in [0.4, 0.5) is 0 Å². The van der Waals surface area contributed by atoms with Gasteiger partial charge in [0, 0.05) is 22.2 Å². The summed E-state index contributed by atoms with van der Waals surface area (Å²) in [4.78, 5) is 15.0. The number of nitrogens with one attached hydrogen (secondary N) is 1. The number of phenols is 1. The molecule has 24 heavy (non-hydrogen) atoms. The number of aromatic hydroxyl groups is 1. The lowest BCUT2D eigenvalue weighted by Gasteiger charge is -2.09. The summed E-state index contributed by atoms with van der Waals surface area (Å²) in [6.07, 6.45) is 0. The Morgan fingerprint density at radius 3 is 1.79 bits per heavy atom. The van der Waals surface area contributed by atoms with Crippen molar-refractivity contribution in [2.45, 2.75) is 27.7 Å². The van der Waals surface area contributed by atoms with Gasteiger partial charge >= 0.3 is 0 Å². The molecule has 1 heterocycles. The number of rotatable bonds is 0. The normalized spacial score (nSPS) is 10.0. The van der Waals surface area contributed by atoms with Gasteiger partial charge in [0.05, 0.1) is 5.52 Å². The van der Waals surface area contributed by atoms with Crippen molar-refractivity contribution in [3.05, 3.63) is 65.0 Å². The molecule has 0 bridgehead atoms. The van der Waals surface area contributed by atoms with E-state index < -0.39 is 0 Å². The van der Waals surface area contributed by atoms with Crippen LogP contribution in [0.2, 0.25) is 0 Å². The van der Waals surface area contributed by atoms with Crippen LogP contribution in [0.1, 0.15) is 27.7 Å². The Bertz CT molecular complexity index is 1030. The lowest BCUT2D eigenvalue weighted by molar-refractivity contribution is 0.482. The van der Waals surface area contributed by atoms with Gasteiger partial charge in [0.1, 0.15) is 5.75 Å². The fourth-order valence-corrected chi connectivity index (χ4v) is 2.83. The molecule has 124 valence electrons. The van der Waals surface area contributed by atoms with E-state index in [1.807, 2.05) is 76.2 Å². The van der Waals surface area contributed by atoms with Crippen molar-refractivity contribution in [1.82, 2.24) is 4.98 Å². The topological polar surface area (TPSA) is 53.1 Å². The van der Waals surface area contributed by atoms with Crippen LogP contribution in [0.25, 0.3) is 32.4 Å². The van der Waals surface area contributed by atoms with Crippen molar-refractivity contribution in [3.8, 4) is 5.75 Å². The molecule has 0 fully saturated rings. The molecule has 3 nitrogen and oxygen atoms in total. The number of H-pyrrole nitrogens is 1. The van der Waals surface area contributed by atoms with E-state index in [2.05, 4.69) is 4.98 Å². The van der Waals surface area contributed by atoms with Gasteiger partial charge in [-0.1, -0.05) is 70.2 Å². The number of phenolic OH excluding ortho intramolecular Hbond substituents is 1. The van der Waals surface area contributed by atoms with Crippen molar-refractivity contribution in [2.75, 3.05) is 0 Å². The summed E-state index contributed by atoms with van der Waals surface area (Å²) in [6.45, 7) is 8.00. The average Bonchev–Trinajstić information content (AvgIpc) is 2.65. The second-order valence-electron chi connectivity index (χ2n) is 4.86. The number of hydrogen-bond acceptors (Lipinski definition) is 2. The van der Waals surface area contributed by atoms with Crippen LogP contribution in [-0.4, -0.2) is 10.1 Å². The molecule has 4 rings (SSSR count). The summed E-state index contributed by atoms with van der Waals surface area (Å²) in [6, 6.07) is 16.8. The molecule has 0 aliphatic carbocycles. The Labute approximate surface area is 141 Å². The quantitative estimate of drug-likeness (QED) is 0.415. The minimum absolute atomic E-state index is 0.136. The highest BCUT2D eigenvalue weighted by molar-refractivity contribution is 6.20. The average molecular weight is 321 g/mol. The molecular weight excluding hydrogens is 298 g/mol. The van der Waals surface area contributed by atoms with Gasteiger partial charge in [-0.3, -0.25) is 4.79 Å². The first-order valence-corrected chi connectivity index (χ1v) is 8.41. The van der Waals surface area contributed by atoms with Gasteiger partial charge in [-0.15, -0.1) is 0 Å². The van der Waals surface area contributed by atoms with E-state index in [0.29, 0.717) is 10.9 Å². The lowest BCUT2D eigenvalue weighted by atomic mass is 9.99. The molecular formula is C21H23NO2. The molecule has 0 atom stereocenters. The first-order valence-electron chi connectivity index (χ1n) is 8.41. The van der Waals surface area contributed by atoms with E-state index in [1.165, 1.54) is 0 Å². The largest absolute Gasteiger partial charge is 0.507 e. The molecule has 4 aromatic rings. The third kappa shape index (κ3) is 2.85. The van der Waals surface area contributed by atoms with Crippen molar-refractivity contribution >= 4 is 32.4 Å². The molecule has 3 aromatic carbocycles. The van der Waals surface area contributed by atoms with Gasteiger partial charge in [0.2, 0.25) is 0 Å². The lowest BCUT2D eigenvalue weighted by Crippen LogP contribution is -2.06. The molecule has 2 N–H and O–H groups in total. The van der Waals surface area contributed by atoms with Crippen LogP contribution in [0.15, 0.2) is 59.4 Å². The Morgan fingerprint density at radius 2 is 1.21 bits per heavy atom. The highest BCUT2D eigenvalue weighted by atomic mass is 16.3. The first-order chi connectivity index (χ1) is 11.8. The predicted octanol–water partition coefficient (Wildman–Crippen LogP) is 5.59. The summed E-state index contributed by atoms with van der Waals surface area (Å²) in [7, 11) is 0. The zero-order chi connectivity index (χ0) is 17.7. The zero-order valence-corrected chi connectivity index (χ0v) is 14.6. The van der Waals surface area contributed by atoms with E-state index >= 15 is 0 Å². The van der Waals surface area contributed by atoms with Crippen molar-refractivity contribution in [2.24, 2.45) is 0 Å². The number of pyridine rings is 1. The molecule has 0 saturated heterocycles. The van der Waals surface area contributed by atoms with Gasteiger partial charge in [-0.05, 0) is 16.8 Å². The third-order valence-electron chi connectivity index (χ3n) is 3.71. The van der Waals surface area contributed by atoms with Crippen LogP contribution < -0.4 is 5.56 Å². The second-order valence-corrected chi connectivity index (χ2v) is 4.86. The smallest absolute Gasteiger partial charge is 0.256 e. The van der Waals surface area contributed by atoms with Crippen molar-refractivity contribution in [1.29, 1.82) is 0 Å². The minimum atomic E-state index is -0.136. The van der Waals surface area contributed by atoms with Crippen molar-refractivity contribution in [3.63, 3.8) is 0 Å². The van der Waals surface area contributed by atoms with E-state index in [-0.39, 0.29) is 11.3 Å². The van der Waals surface area contributed by atoms with Crippen LogP contribution >= 0.6 is 0 Å². The molecule has 0 radical (unpaired) electrons. The van der Waals surface area contributed by atoms with Crippen LogP contribution in [-0.2, 0) is 0 Å². The maximum absolute atomic E-state index is 12.1. The Morgan fingerprint density at radius 1 is 0.750 bits per heavy atom. The molecule has 0 spiro atoms. The monoisotopic (exact) mass is 321 g/mol. The highest BCUT2D eigenvalue weighted by Gasteiger charge is 2.10. The summed E-state index contributed by atoms with van der Waals surface area (Å²) in [5.74, 6) is 0.180. The molecule has 0 saturated carbocycles. The van der Waals surface area contributed by atoms with Gasteiger partial charge in [-0.2, -0.15) is 0 Å². The fourth-order valence-electron chi connectivity index (χ4n) is 2.83. The minimum Gasteiger partial charge on any atom is -0.507 e. The number of aromatic nitrogens is 1. The van der Waals surface area contributed by atoms with Gasteiger partial charge in [-0.25, -0.2) is 0 Å². The SMILES string of the molecule is CC.CC.O=c1[nH]c2cc(O)c3ccccc3c2c2ccccc12. The van der Waals surface area contributed by atoms with Crippen LogP contribution in [0.5, 0.6) is 5.75 Å². The fraction of sp³-hybridized carbons (Fsp3) is 0.190. The highest BCUT2D eigenvalue weighted by Crippen LogP contribution is 2.34. The summed E-state index contributed by atoms with van der Waals surface area (Å²) in [5, 5.41) is 14.4. The molecule has 0 aliphatic rings. The standard InChI is InChI=1S/C17H11NO2.2C2H6/c19-15-9-14-16(11-6-2-1-5-10(11)15)12-7-3-4-8-13(12)17(20)18-14;2*1-2/h1-9,19H,(H,18,20);2*1-2H3. The third-order valence-corrected chi connectivity index (χ3v) is 3.71. The predicted molar refractivity (Wildman–Crippen MR) is 104 cm³/mol. The van der Waals surface area contributed by atoms with Crippen LogP contribution in [0.3, 0.4) is 0 Å². The summed E-state index contributed by atoms with van der Waals surface area (Å²) >= 11 is 0. The van der Waals surface area contributed by atoms with E-state index in [9.17, 15) is 9.90 Å². The van der Waals surface area contributed by atoms with Gasteiger partial charge in [0.15, 0.2) is 0 Å². The van der Waals surface area contributed by atoms with E-state index in [4.69, 9.17) is 0 Å². The Hall–Kier alpha value is -2.81.